The number of aromatic nitrogens is 1. The van der Waals surface area contributed by atoms with E-state index >= 15 is 0 Å². The van der Waals surface area contributed by atoms with Crippen LogP contribution in [0.15, 0.2) is 121 Å². The summed E-state index contributed by atoms with van der Waals surface area (Å²) in [5.74, 6) is -0.412. The van der Waals surface area contributed by atoms with Gasteiger partial charge in [0.1, 0.15) is 5.69 Å². The first-order valence-corrected chi connectivity index (χ1v) is 11.1. The molecule has 0 unspecified atom stereocenters. The van der Waals surface area contributed by atoms with Crippen LogP contribution in [0.1, 0.15) is 10.4 Å². The molecule has 6 nitrogen and oxygen atoms in total. The number of carbonyl (C=O) groups is 1. The highest BCUT2D eigenvalue weighted by molar-refractivity contribution is 6.05. The Kier molecular flexibility index (Phi) is 5.92. The number of nitrogens with zero attached hydrogens (tertiary/aromatic N) is 2. The lowest BCUT2D eigenvalue weighted by Crippen LogP contribution is -2.13. The van der Waals surface area contributed by atoms with Crippen molar-refractivity contribution in [3.63, 3.8) is 0 Å². The van der Waals surface area contributed by atoms with Gasteiger partial charge in [-0.25, -0.2) is 0 Å². The molecule has 1 heterocycles. The third-order valence-corrected chi connectivity index (χ3v) is 5.76. The van der Waals surface area contributed by atoms with Crippen LogP contribution >= 0.6 is 0 Å². The van der Waals surface area contributed by atoms with E-state index in [-0.39, 0.29) is 11.4 Å². The molecular formula is C29H21N3O3. The molecule has 1 N–H and O–H groups in total. The summed E-state index contributed by atoms with van der Waals surface area (Å²) in [4.78, 5) is 23.6. The van der Waals surface area contributed by atoms with Crippen LogP contribution in [0.3, 0.4) is 0 Å². The van der Waals surface area contributed by atoms with Gasteiger partial charge in [-0.2, -0.15) is 0 Å². The topological polar surface area (TPSA) is 77.2 Å². The molecule has 0 saturated carbocycles. The van der Waals surface area contributed by atoms with Gasteiger partial charge in [-0.15, -0.1) is 0 Å². The Morgan fingerprint density at radius 3 is 1.71 bits per heavy atom. The Balaban J connectivity index is 1.51. The molecule has 5 aromatic rings. The molecule has 0 radical (unpaired) electrons. The van der Waals surface area contributed by atoms with Crippen LogP contribution in [0.2, 0.25) is 0 Å². The Morgan fingerprint density at radius 2 is 1.17 bits per heavy atom. The molecule has 0 fully saturated rings. The van der Waals surface area contributed by atoms with Crippen molar-refractivity contribution < 1.29 is 9.72 Å². The van der Waals surface area contributed by atoms with Gasteiger partial charge in [-0.1, -0.05) is 72.8 Å². The van der Waals surface area contributed by atoms with Gasteiger partial charge in [0, 0.05) is 17.3 Å². The smallest absolute Gasteiger partial charge is 0.292 e. The van der Waals surface area contributed by atoms with Gasteiger partial charge in [-0.3, -0.25) is 14.9 Å². The first-order chi connectivity index (χ1) is 17.1. The minimum absolute atomic E-state index is 0.148. The van der Waals surface area contributed by atoms with E-state index in [2.05, 4.69) is 46.3 Å². The van der Waals surface area contributed by atoms with Crippen molar-refractivity contribution in [3.8, 4) is 28.2 Å². The van der Waals surface area contributed by atoms with Gasteiger partial charge in [0.05, 0.1) is 16.3 Å². The number of carbonyl (C=O) groups excluding carboxylic acids is 1. The molecule has 0 bridgehead atoms. The van der Waals surface area contributed by atoms with E-state index in [0.29, 0.717) is 5.56 Å². The molecule has 0 aliphatic carbocycles. The Morgan fingerprint density at radius 1 is 0.657 bits per heavy atom. The third-order valence-electron chi connectivity index (χ3n) is 5.76. The number of benzene rings is 4. The molecule has 1 aromatic heterocycles. The number of nitro benzene ring substituents is 1. The van der Waals surface area contributed by atoms with Crippen molar-refractivity contribution in [2.45, 2.75) is 0 Å². The molecule has 0 aliphatic heterocycles. The van der Waals surface area contributed by atoms with E-state index in [9.17, 15) is 14.9 Å². The number of rotatable bonds is 6. The Hall–Kier alpha value is -4.97. The lowest BCUT2D eigenvalue weighted by atomic mass is 10.1. The molecule has 0 spiro atoms. The van der Waals surface area contributed by atoms with E-state index < -0.39 is 10.8 Å². The summed E-state index contributed by atoms with van der Waals surface area (Å²) in [6.07, 6.45) is 0. The Labute approximate surface area is 202 Å². The van der Waals surface area contributed by atoms with Gasteiger partial charge in [0.2, 0.25) is 0 Å². The number of para-hydroxylation sites is 2. The van der Waals surface area contributed by atoms with Crippen molar-refractivity contribution in [2.75, 3.05) is 5.32 Å². The van der Waals surface area contributed by atoms with Crippen molar-refractivity contribution in [1.82, 2.24) is 4.57 Å². The second-order valence-electron chi connectivity index (χ2n) is 7.95. The normalized spacial score (nSPS) is 10.6. The molecular weight excluding hydrogens is 438 g/mol. The highest BCUT2D eigenvalue weighted by Gasteiger charge is 2.17. The number of hydrogen-bond acceptors (Lipinski definition) is 3. The molecule has 6 heteroatoms. The van der Waals surface area contributed by atoms with E-state index in [1.165, 1.54) is 12.1 Å². The summed E-state index contributed by atoms with van der Waals surface area (Å²) in [6, 6.07) is 37.7. The van der Waals surface area contributed by atoms with Crippen LogP contribution < -0.4 is 5.32 Å². The van der Waals surface area contributed by atoms with Crippen LogP contribution in [0.5, 0.6) is 0 Å². The molecule has 1 amide bonds. The second-order valence-corrected chi connectivity index (χ2v) is 7.95. The minimum atomic E-state index is -0.513. The number of hydrogen-bond donors (Lipinski definition) is 1. The van der Waals surface area contributed by atoms with Crippen LogP contribution in [-0.2, 0) is 0 Å². The van der Waals surface area contributed by atoms with Gasteiger partial charge in [0.25, 0.3) is 11.6 Å². The second kappa shape index (κ2) is 9.49. The van der Waals surface area contributed by atoms with Gasteiger partial charge >= 0.3 is 0 Å². The molecule has 35 heavy (non-hydrogen) atoms. The summed E-state index contributed by atoms with van der Waals surface area (Å²) >= 11 is 0. The first kappa shape index (κ1) is 21.9. The fraction of sp³-hybridized carbons (Fsp3) is 0. The summed E-state index contributed by atoms with van der Waals surface area (Å²) < 4.78 is 2.16. The number of nitrogens with one attached hydrogen (secondary N) is 1. The third kappa shape index (κ3) is 4.45. The predicted octanol–water partition coefficient (Wildman–Crippen LogP) is 6.97. The fourth-order valence-corrected chi connectivity index (χ4v) is 4.08. The van der Waals surface area contributed by atoms with Gasteiger partial charge in [0.15, 0.2) is 0 Å². The fourth-order valence-electron chi connectivity index (χ4n) is 4.08. The number of amides is 1. The van der Waals surface area contributed by atoms with E-state index in [0.717, 1.165) is 28.2 Å². The molecule has 4 aromatic carbocycles. The molecule has 0 atom stereocenters. The number of nitro groups is 1. The number of anilines is 1. The molecule has 0 aliphatic rings. The van der Waals surface area contributed by atoms with Crippen molar-refractivity contribution in [2.24, 2.45) is 0 Å². The molecule has 170 valence electrons. The zero-order valence-corrected chi connectivity index (χ0v) is 18.7. The van der Waals surface area contributed by atoms with Crippen LogP contribution in [0.4, 0.5) is 11.4 Å². The van der Waals surface area contributed by atoms with Crippen LogP contribution in [0, 0.1) is 10.1 Å². The summed E-state index contributed by atoms with van der Waals surface area (Å²) in [6.45, 7) is 0. The maximum absolute atomic E-state index is 12.8. The van der Waals surface area contributed by atoms with E-state index in [4.69, 9.17) is 0 Å². The molecule has 5 rings (SSSR count). The zero-order chi connectivity index (χ0) is 24.2. The van der Waals surface area contributed by atoms with Crippen molar-refractivity contribution in [1.29, 1.82) is 0 Å². The van der Waals surface area contributed by atoms with Crippen LogP contribution in [-0.4, -0.2) is 15.4 Å². The summed E-state index contributed by atoms with van der Waals surface area (Å²) in [5, 5.41) is 13.9. The lowest BCUT2D eigenvalue weighted by Gasteiger charge is -2.15. The monoisotopic (exact) mass is 459 g/mol. The Bertz CT molecular complexity index is 1430. The average molecular weight is 460 g/mol. The highest BCUT2D eigenvalue weighted by atomic mass is 16.6. The minimum Gasteiger partial charge on any atom is -0.316 e. The van der Waals surface area contributed by atoms with Crippen LogP contribution in [0.25, 0.3) is 28.2 Å². The summed E-state index contributed by atoms with van der Waals surface area (Å²) in [7, 11) is 0. The van der Waals surface area contributed by atoms with Gasteiger partial charge in [-0.05, 0) is 53.6 Å². The van der Waals surface area contributed by atoms with Crippen molar-refractivity contribution in [3.05, 3.63) is 137 Å². The first-order valence-electron chi connectivity index (χ1n) is 11.1. The quantitative estimate of drug-likeness (QED) is 0.220. The largest absolute Gasteiger partial charge is 0.316 e. The molecule has 0 saturated heterocycles. The lowest BCUT2D eigenvalue weighted by molar-refractivity contribution is -0.383. The SMILES string of the molecule is O=C(Nc1ccccc1[N+](=O)[O-])c1ccc(-n2c(-c3ccccc3)ccc2-c2ccccc2)cc1. The van der Waals surface area contributed by atoms with Gasteiger partial charge < -0.3 is 9.88 Å². The summed E-state index contributed by atoms with van der Waals surface area (Å²) in [5.41, 5.74) is 5.53. The van der Waals surface area contributed by atoms with Crippen molar-refractivity contribution >= 4 is 17.3 Å². The standard InChI is InChI=1S/C29H21N3O3/c33-29(30-25-13-7-8-14-28(25)32(34)35)23-15-17-24(18-16-23)31-26(21-9-3-1-4-10-21)19-20-27(31)22-11-5-2-6-12-22/h1-20H,(H,30,33). The zero-order valence-electron chi connectivity index (χ0n) is 18.7. The van der Waals surface area contributed by atoms with E-state index in [1.54, 1.807) is 24.3 Å². The maximum Gasteiger partial charge on any atom is 0.292 e. The van der Waals surface area contributed by atoms with E-state index in [1.807, 2.05) is 48.5 Å². The average Bonchev–Trinajstić information content (AvgIpc) is 3.35. The highest BCUT2D eigenvalue weighted by Crippen LogP contribution is 2.32. The predicted molar refractivity (Wildman–Crippen MR) is 138 cm³/mol. The maximum atomic E-state index is 12.8.